The van der Waals surface area contributed by atoms with E-state index in [2.05, 4.69) is 31.5 Å². The molecule has 1 unspecified atom stereocenters. The summed E-state index contributed by atoms with van der Waals surface area (Å²) in [6.07, 6.45) is 2.33. The van der Waals surface area contributed by atoms with Gasteiger partial charge in [0.2, 0.25) is 0 Å². The number of nitrogens with zero attached hydrogens (tertiary/aromatic N) is 2. The van der Waals surface area contributed by atoms with Gasteiger partial charge in [-0.2, -0.15) is 0 Å². The summed E-state index contributed by atoms with van der Waals surface area (Å²) < 4.78 is 3.19. The molecule has 3 rings (SSSR count). The van der Waals surface area contributed by atoms with Crippen molar-refractivity contribution in [1.29, 1.82) is 0 Å². The molecular formula is C13H16BrN3O. The highest BCUT2D eigenvalue weighted by atomic mass is 79.9. The summed E-state index contributed by atoms with van der Waals surface area (Å²) in [6.45, 7) is 0.471. The van der Waals surface area contributed by atoms with Crippen LogP contribution in [0.1, 0.15) is 37.2 Å². The van der Waals surface area contributed by atoms with Crippen molar-refractivity contribution in [3.05, 3.63) is 28.5 Å². The van der Waals surface area contributed by atoms with Gasteiger partial charge in [0.25, 0.3) is 0 Å². The number of imidazole rings is 1. The zero-order valence-electron chi connectivity index (χ0n) is 10.0. The lowest BCUT2D eigenvalue weighted by molar-refractivity contribution is 0.156. The van der Waals surface area contributed by atoms with Crippen LogP contribution in [0.2, 0.25) is 0 Å². The van der Waals surface area contributed by atoms with E-state index < -0.39 is 6.10 Å². The van der Waals surface area contributed by atoms with Crippen LogP contribution in [0.3, 0.4) is 0 Å². The second-order valence-electron chi connectivity index (χ2n) is 4.80. The summed E-state index contributed by atoms with van der Waals surface area (Å²) in [4.78, 5) is 4.58. The van der Waals surface area contributed by atoms with E-state index >= 15 is 0 Å². The Labute approximate surface area is 114 Å². The summed E-state index contributed by atoms with van der Waals surface area (Å²) in [5.41, 5.74) is 7.56. The van der Waals surface area contributed by atoms with Crippen LogP contribution in [0.5, 0.6) is 0 Å². The number of halogens is 1. The third kappa shape index (κ3) is 2.06. The molecule has 0 saturated heterocycles. The number of aliphatic hydroxyl groups is 1. The monoisotopic (exact) mass is 309 g/mol. The number of hydrogen-bond acceptors (Lipinski definition) is 3. The van der Waals surface area contributed by atoms with Gasteiger partial charge in [-0.1, -0.05) is 15.9 Å². The first-order valence-electron chi connectivity index (χ1n) is 6.26. The Kier molecular flexibility index (Phi) is 3.13. The number of fused-ring (bicyclic) bond motifs is 1. The van der Waals surface area contributed by atoms with Crippen LogP contribution >= 0.6 is 15.9 Å². The van der Waals surface area contributed by atoms with Crippen LogP contribution in [-0.4, -0.2) is 21.2 Å². The fourth-order valence-electron chi connectivity index (χ4n) is 2.33. The lowest BCUT2D eigenvalue weighted by atomic mass is 10.2. The standard InChI is InChI=1S/C13H16BrN3O/c14-8-1-4-11-10(7-8)16-13(12(18)5-6-15)17(11)9-2-3-9/h1,4,7,9,12,18H,2-3,5-6,15H2. The van der Waals surface area contributed by atoms with E-state index in [9.17, 15) is 5.11 Å². The highest BCUT2D eigenvalue weighted by molar-refractivity contribution is 9.10. The maximum absolute atomic E-state index is 10.2. The minimum Gasteiger partial charge on any atom is -0.385 e. The van der Waals surface area contributed by atoms with E-state index in [1.807, 2.05) is 12.1 Å². The molecule has 18 heavy (non-hydrogen) atoms. The Morgan fingerprint density at radius 2 is 2.28 bits per heavy atom. The first-order chi connectivity index (χ1) is 8.70. The van der Waals surface area contributed by atoms with Crippen LogP contribution in [0.4, 0.5) is 0 Å². The van der Waals surface area contributed by atoms with E-state index in [1.165, 1.54) is 12.8 Å². The van der Waals surface area contributed by atoms with E-state index in [0.29, 0.717) is 19.0 Å². The number of benzene rings is 1. The smallest absolute Gasteiger partial charge is 0.139 e. The van der Waals surface area contributed by atoms with E-state index in [4.69, 9.17) is 5.73 Å². The minimum absolute atomic E-state index is 0.471. The molecule has 1 saturated carbocycles. The zero-order valence-corrected chi connectivity index (χ0v) is 11.6. The third-order valence-corrected chi connectivity index (χ3v) is 3.82. The van der Waals surface area contributed by atoms with Crippen molar-refractivity contribution < 1.29 is 5.11 Å². The highest BCUT2D eigenvalue weighted by Gasteiger charge is 2.30. The van der Waals surface area contributed by atoms with Gasteiger partial charge in [0.05, 0.1) is 11.0 Å². The van der Waals surface area contributed by atoms with Crippen molar-refractivity contribution in [2.75, 3.05) is 6.54 Å². The van der Waals surface area contributed by atoms with Crippen LogP contribution in [0.15, 0.2) is 22.7 Å². The van der Waals surface area contributed by atoms with Gasteiger partial charge >= 0.3 is 0 Å². The fraction of sp³-hybridized carbons (Fsp3) is 0.462. The van der Waals surface area contributed by atoms with Crippen molar-refractivity contribution in [3.8, 4) is 0 Å². The minimum atomic E-state index is -0.568. The van der Waals surface area contributed by atoms with Crippen molar-refractivity contribution >= 4 is 27.0 Å². The van der Waals surface area contributed by atoms with Gasteiger partial charge in [-0.25, -0.2) is 4.98 Å². The Bertz CT molecular complexity index is 577. The molecule has 96 valence electrons. The van der Waals surface area contributed by atoms with Gasteiger partial charge in [-0.15, -0.1) is 0 Å². The summed E-state index contributed by atoms with van der Waals surface area (Å²) in [7, 11) is 0. The normalized spacial score (nSPS) is 17.3. The molecule has 0 aliphatic heterocycles. The molecule has 4 nitrogen and oxygen atoms in total. The molecule has 0 radical (unpaired) electrons. The maximum Gasteiger partial charge on any atom is 0.139 e. The summed E-state index contributed by atoms with van der Waals surface area (Å²) in [6, 6.07) is 6.57. The Morgan fingerprint density at radius 1 is 1.50 bits per heavy atom. The van der Waals surface area contributed by atoms with Gasteiger partial charge in [0, 0.05) is 10.5 Å². The first-order valence-corrected chi connectivity index (χ1v) is 7.05. The second-order valence-corrected chi connectivity index (χ2v) is 5.71. The molecule has 0 spiro atoms. The third-order valence-electron chi connectivity index (χ3n) is 3.33. The molecule has 1 aliphatic carbocycles. The largest absolute Gasteiger partial charge is 0.385 e. The molecular weight excluding hydrogens is 294 g/mol. The predicted molar refractivity (Wildman–Crippen MR) is 74.3 cm³/mol. The predicted octanol–water partition coefficient (Wildman–Crippen LogP) is 2.52. The van der Waals surface area contributed by atoms with Gasteiger partial charge in [0.1, 0.15) is 11.9 Å². The van der Waals surface area contributed by atoms with Crippen molar-refractivity contribution in [2.45, 2.75) is 31.4 Å². The average molecular weight is 310 g/mol. The topological polar surface area (TPSA) is 64.1 Å². The van der Waals surface area contributed by atoms with E-state index in [0.717, 1.165) is 21.3 Å². The number of hydrogen-bond donors (Lipinski definition) is 2. The SMILES string of the molecule is NCCC(O)c1nc2cc(Br)ccc2n1C1CC1. The van der Waals surface area contributed by atoms with Crippen LogP contribution in [0.25, 0.3) is 11.0 Å². The first kappa shape index (κ1) is 12.1. The number of aliphatic hydroxyl groups excluding tert-OH is 1. The molecule has 1 aromatic heterocycles. The van der Waals surface area contributed by atoms with Crippen molar-refractivity contribution in [2.24, 2.45) is 5.73 Å². The van der Waals surface area contributed by atoms with Gasteiger partial charge in [-0.3, -0.25) is 0 Å². The van der Waals surface area contributed by atoms with Gasteiger partial charge in [0.15, 0.2) is 0 Å². The van der Waals surface area contributed by atoms with Crippen LogP contribution in [-0.2, 0) is 0 Å². The molecule has 5 heteroatoms. The summed E-state index contributed by atoms with van der Waals surface area (Å²) in [5, 5.41) is 10.2. The molecule has 1 heterocycles. The second kappa shape index (κ2) is 4.64. The number of rotatable bonds is 4. The average Bonchev–Trinajstić information content (AvgIpc) is 3.10. The Balaban J connectivity index is 2.14. The Morgan fingerprint density at radius 3 is 2.94 bits per heavy atom. The fourth-order valence-corrected chi connectivity index (χ4v) is 2.68. The lowest BCUT2D eigenvalue weighted by Gasteiger charge is -2.12. The van der Waals surface area contributed by atoms with Gasteiger partial charge < -0.3 is 15.4 Å². The maximum atomic E-state index is 10.2. The molecule has 3 N–H and O–H groups in total. The van der Waals surface area contributed by atoms with Gasteiger partial charge in [-0.05, 0) is 44.0 Å². The van der Waals surface area contributed by atoms with Crippen molar-refractivity contribution in [3.63, 3.8) is 0 Å². The molecule has 1 fully saturated rings. The molecule has 1 aliphatic rings. The molecule has 0 amide bonds. The summed E-state index contributed by atoms with van der Waals surface area (Å²) in [5.74, 6) is 0.760. The Hall–Kier alpha value is -0.910. The molecule has 2 aromatic rings. The highest BCUT2D eigenvalue weighted by Crippen LogP contribution is 2.40. The number of nitrogens with two attached hydrogens (primary N) is 1. The van der Waals surface area contributed by atoms with Crippen LogP contribution in [0, 0.1) is 0 Å². The van der Waals surface area contributed by atoms with Crippen molar-refractivity contribution in [1.82, 2.24) is 9.55 Å². The van der Waals surface area contributed by atoms with Crippen LogP contribution < -0.4 is 5.73 Å². The van der Waals surface area contributed by atoms with E-state index in [-0.39, 0.29) is 0 Å². The number of aromatic nitrogens is 2. The quantitative estimate of drug-likeness (QED) is 0.912. The van der Waals surface area contributed by atoms with E-state index in [1.54, 1.807) is 0 Å². The summed E-state index contributed by atoms with van der Waals surface area (Å²) >= 11 is 3.45. The lowest BCUT2D eigenvalue weighted by Crippen LogP contribution is -2.12. The molecule has 1 aromatic carbocycles. The molecule has 1 atom stereocenters. The molecule has 0 bridgehead atoms. The zero-order chi connectivity index (χ0) is 12.7.